The largest absolute Gasteiger partial charge is 0.478 e. The van der Waals surface area contributed by atoms with Gasteiger partial charge in [-0.25, -0.2) is 18.6 Å². The summed E-state index contributed by atoms with van der Waals surface area (Å²) in [4.78, 5) is 26.0. The molecule has 0 aliphatic rings. The lowest BCUT2D eigenvalue weighted by atomic mass is 10.1. The van der Waals surface area contributed by atoms with Crippen LogP contribution in [0.3, 0.4) is 0 Å². The predicted molar refractivity (Wildman–Crippen MR) is 57.7 cm³/mol. The first-order chi connectivity index (χ1) is 8.99. The average molecular weight is 268 g/mol. The number of anilines is 1. The zero-order valence-electron chi connectivity index (χ0n) is 9.15. The Bertz CT molecular complexity index is 642. The molecule has 0 saturated heterocycles. The minimum Gasteiger partial charge on any atom is -0.478 e. The summed E-state index contributed by atoms with van der Waals surface area (Å²) in [5.74, 6) is -5.13. The maximum atomic E-state index is 13.1. The van der Waals surface area contributed by atoms with Crippen molar-refractivity contribution in [1.82, 2.24) is 15.2 Å². The lowest BCUT2D eigenvalue weighted by Crippen LogP contribution is -2.17. The molecule has 0 saturated carbocycles. The Morgan fingerprint density at radius 3 is 2.53 bits per heavy atom. The van der Waals surface area contributed by atoms with Crippen molar-refractivity contribution in [2.24, 2.45) is 0 Å². The third-order valence-electron chi connectivity index (χ3n) is 2.17. The summed E-state index contributed by atoms with van der Waals surface area (Å²) < 4.78 is 26.0. The molecule has 1 aromatic carbocycles. The van der Waals surface area contributed by atoms with Gasteiger partial charge in [-0.15, -0.1) is 0 Å². The van der Waals surface area contributed by atoms with E-state index in [4.69, 9.17) is 5.11 Å². The van der Waals surface area contributed by atoms with Gasteiger partial charge in [0.25, 0.3) is 5.91 Å². The SMILES string of the molecule is O=C(Nc1cc(F)c(F)cc1C(=O)O)c1ncn[nH]1. The van der Waals surface area contributed by atoms with Gasteiger partial charge in [-0.05, 0) is 6.07 Å². The lowest BCUT2D eigenvalue weighted by molar-refractivity contribution is 0.0697. The zero-order chi connectivity index (χ0) is 14.0. The van der Waals surface area contributed by atoms with Gasteiger partial charge in [-0.1, -0.05) is 0 Å². The molecule has 1 heterocycles. The van der Waals surface area contributed by atoms with Gasteiger partial charge in [0, 0.05) is 6.07 Å². The smallest absolute Gasteiger partial charge is 0.337 e. The molecule has 19 heavy (non-hydrogen) atoms. The Morgan fingerprint density at radius 1 is 1.26 bits per heavy atom. The molecule has 7 nitrogen and oxygen atoms in total. The highest BCUT2D eigenvalue weighted by Crippen LogP contribution is 2.20. The highest BCUT2D eigenvalue weighted by atomic mass is 19.2. The second-order valence-electron chi connectivity index (χ2n) is 3.41. The highest BCUT2D eigenvalue weighted by molar-refractivity contribution is 6.05. The highest BCUT2D eigenvalue weighted by Gasteiger charge is 2.18. The fourth-order valence-electron chi connectivity index (χ4n) is 1.32. The van der Waals surface area contributed by atoms with Gasteiger partial charge in [-0.2, -0.15) is 5.10 Å². The maximum Gasteiger partial charge on any atom is 0.337 e. The van der Waals surface area contributed by atoms with Crippen LogP contribution in [0, 0.1) is 11.6 Å². The number of carbonyl (C=O) groups excluding carboxylic acids is 1. The van der Waals surface area contributed by atoms with Crippen molar-refractivity contribution in [3.05, 3.63) is 41.5 Å². The van der Waals surface area contributed by atoms with Crippen molar-refractivity contribution in [2.45, 2.75) is 0 Å². The molecule has 0 bridgehead atoms. The van der Waals surface area contributed by atoms with Gasteiger partial charge in [0.1, 0.15) is 6.33 Å². The molecule has 2 aromatic rings. The summed E-state index contributed by atoms with van der Waals surface area (Å²) in [5.41, 5.74) is -0.959. The van der Waals surface area contributed by atoms with E-state index in [0.29, 0.717) is 12.1 Å². The number of hydrogen-bond acceptors (Lipinski definition) is 4. The van der Waals surface area contributed by atoms with Gasteiger partial charge < -0.3 is 10.4 Å². The first-order valence-electron chi connectivity index (χ1n) is 4.88. The van der Waals surface area contributed by atoms with E-state index < -0.39 is 29.1 Å². The first kappa shape index (κ1) is 12.6. The number of carbonyl (C=O) groups is 2. The van der Waals surface area contributed by atoms with E-state index in [2.05, 4.69) is 20.5 Å². The molecule has 98 valence electrons. The van der Waals surface area contributed by atoms with Crippen LogP contribution in [0.25, 0.3) is 0 Å². The topological polar surface area (TPSA) is 108 Å². The van der Waals surface area contributed by atoms with Crippen molar-refractivity contribution >= 4 is 17.6 Å². The number of carboxylic acids is 1. The Balaban J connectivity index is 2.36. The second-order valence-corrected chi connectivity index (χ2v) is 3.41. The number of H-pyrrole nitrogens is 1. The minimum absolute atomic E-state index is 0.193. The van der Waals surface area contributed by atoms with E-state index in [0.717, 1.165) is 6.33 Å². The standard InChI is InChI=1S/C10H6F2N4O3/c11-5-1-4(10(18)19)7(2-6(5)12)15-9(17)8-13-3-14-16-8/h1-3H,(H,15,17)(H,18,19)(H,13,14,16). The summed E-state index contributed by atoms with van der Waals surface area (Å²) in [6.45, 7) is 0. The second kappa shape index (κ2) is 4.80. The number of hydrogen-bond donors (Lipinski definition) is 3. The monoisotopic (exact) mass is 268 g/mol. The molecule has 0 fully saturated rings. The Hall–Kier alpha value is -2.84. The number of nitrogens with one attached hydrogen (secondary N) is 2. The fraction of sp³-hybridized carbons (Fsp3) is 0. The van der Waals surface area contributed by atoms with E-state index in [1.54, 1.807) is 0 Å². The van der Waals surface area contributed by atoms with Crippen molar-refractivity contribution < 1.29 is 23.5 Å². The maximum absolute atomic E-state index is 13.1. The van der Waals surface area contributed by atoms with E-state index in [1.165, 1.54) is 0 Å². The third-order valence-corrected chi connectivity index (χ3v) is 2.17. The van der Waals surface area contributed by atoms with Gasteiger partial charge in [0.15, 0.2) is 11.6 Å². The van der Waals surface area contributed by atoms with Crippen LogP contribution in [0.4, 0.5) is 14.5 Å². The molecular weight excluding hydrogens is 262 g/mol. The molecule has 1 aromatic heterocycles. The number of aromatic amines is 1. The van der Waals surface area contributed by atoms with Gasteiger partial charge in [0.05, 0.1) is 11.3 Å². The van der Waals surface area contributed by atoms with E-state index in [9.17, 15) is 18.4 Å². The normalized spacial score (nSPS) is 10.2. The van der Waals surface area contributed by atoms with E-state index in [-0.39, 0.29) is 11.5 Å². The quantitative estimate of drug-likeness (QED) is 0.770. The molecule has 0 atom stereocenters. The summed E-state index contributed by atoms with van der Waals surface area (Å²) in [6, 6.07) is 1.06. The first-order valence-corrected chi connectivity index (χ1v) is 4.88. The van der Waals surface area contributed by atoms with Crippen molar-refractivity contribution in [1.29, 1.82) is 0 Å². The molecule has 0 aliphatic carbocycles. The molecular formula is C10H6F2N4O3. The van der Waals surface area contributed by atoms with Crippen LogP contribution in [0.5, 0.6) is 0 Å². The number of aromatic nitrogens is 3. The van der Waals surface area contributed by atoms with Gasteiger partial charge in [0.2, 0.25) is 5.82 Å². The number of rotatable bonds is 3. The number of halogens is 2. The molecule has 0 aliphatic heterocycles. The van der Waals surface area contributed by atoms with Gasteiger partial charge in [-0.3, -0.25) is 9.89 Å². The third kappa shape index (κ3) is 2.54. The lowest BCUT2D eigenvalue weighted by Gasteiger charge is -2.07. The van der Waals surface area contributed by atoms with Crippen LogP contribution in [0.15, 0.2) is 18.5 Å². The number of nitrogens with zero attached hydrogens (tertiary/aromatic N) is 2. The van der Waals surface area contributed by atoms with Crippen molar-refractivity contribution in [3.8, 4) is 0 Å². The molecule has 9 heteroatoms. The molecule has 3 N–H and O–H groups in total. The zero-order valence-corrected chi connectivity index (χ0v) is 9.15. The van der Waals surface area contributed by atoms with Gasteiger partial charge >= 0.3 is 5.97 Å². The summed E-state index contributed by atoms with van der Waals surface area (Å²) in [5, 5.41) is 16.6. The Labute approximate surface area is 104 Å². The van der Waals surface area contributed by atoms with E-state index in [1.807, 2.05) is 0 Å². The van der Waals surface area contributed by atoms with Crippen LogP contribution < -0.4 is 5.32 Å². The summed E-state index contributed by atoms with van der Waals surface area (Å²) in [7, 11) is 0. The Kier molecular flexibility index (Phi) is 3.19. The molecule has 0 radical (unpaired) electrons. The summed E-state index contributed by atoms with van der Waals surface area (Å²) >= 11 is 0. The van der Waals surface area contributed by atoms with Crippen LogP contribution in [-0.4, -0.2) is 32.2 Å². The van der Waals surface area contributed by atoms with Crippen LogP contribution in [-0.2, 0) is 0 Å². The summed E-state index contributed by atoms with van der Waals surface area (Å²) in [6.07, 6.45) is 1.07. The molecule has 0 unspecified atom stereocenters. The minimum atomic E-state index is -1.51. The van der Waals surface area contributed by atoms with Crippen LogP contribution in [0.1, 0.15) is 21.0 Å². The average Bonchev–Trinajstić information content (AvgIpc) is 2.86. The molecule has 2 rings (SSSR count). The van der Waals surface area contributed by atoms with Crippen molar-refractivity contribution in [2.75, 3.05) is 5.32 Å². The number of aromatic carboxylic acids is 1. The van der Waals surface area contributed by atoms with E-state index >= 15 is 0 Å². The number of benzene rings is 1. The number of amides is 1. The molecule has 1 amide bonds. The number of carboxylic acid groups (broad SMARTS) is 1. The van der Waals surface area contributed by atoms with Crippen molar-refractivity contribution in [3.63, 3.8) is 0 Å². The van der Waals surface area contributed by atoms with Crippen LogP contribution in [0.2, 0.25) is 0 Å². The molecule has 0 spiro atoms. The van der Waals surface area contributed by atoms with Crippen LogP contribution >= 0.6 is 0 Å². The Morgan fingerprint density at radius 2 is 1.95 bits per heavy atom. The fourth-order valence-corrected chi connectivity index (χ4v) is 1.32. The predicted octanol–water partition coefficient (Wildman–Crippen LogP) is 1.03.